The molecule has 1 fully saturated rings. The first-order valence-electron chi connectivity index (χ1n) is 9.15. The van der Waals surface area contributed by atoms with Crippen LogP contribution in [0.4, 0.5) is 11.5 Å². The summed E-state index contributed by atoms with van der Waals surface area (Å²) in [6, 6.07) is 8.86. The third-order valence-electron chi connectivity index (χ3n) is 4.93. The Morgan fingerprint density at radius 2 is 1.82 bits per heavy atom. The van der Waals surface area contributed by atoms with Crippen LogP contribution in [-0.2, 0) is 4.79 Å². The number of ether oxygens (including phenoxy) is 2. The lowest BCUT2D eigenvalue weighted by molar-refractivity contribution is -0.120. The Morgan fingerprint density at radius 1 is 1.11 bits per heavy atom. The second-order valence-corrected chi connectivity index (χ2v) is 7.03. The maximum Gasteiger partial charge on any atom is 0.241 e. The summed E-state index contributed by atoms with van der Waals surface area (Å²) in [5.74, 6) is 2.06. The van der Waals surface area contributed by atoms with E-state index in [0.29, 0.717) is 22.2 Å². The van der Waals surface area contributed by atoms with Gasteiger partial charge in [0.25, 0.3) is 0 Å². The van der Waals surface area contributed by atoms with Gasteiger partial charge in [0.05, 0.1) is 25.3 Å². The largest absolute Gasteiger partial charge is 0.493 e. The molecule has 1 aliphatic rings. The number of halogens is 1. The van der Waals surface area contributed by atoms with E-state index in [1.807, 2.05) is 19.1 Å². The second kappa shape index (κ2) is 9.12. The van der Waals surface area contributed by atoms with Gasteiger partial charge < -0.3 is 19.7 Å². The number of hydrogen-bond acceptors (Lipinski definition) is 6. The molecular formula is C20H25ClN4O3. The molecule has 8 heteroatoms. The summed E-state index contributed by atoms with van der Waals surface area (Å²) in [4.78, 5) is 21.4. The number of aromatic nitrogens is 1. The van der Waals surface area contributed by atoms with Crippen molar-refractivity contribution in [1.29, 1.82) is 0 Å². The van der Waals surface area contributed by atoms with E-state index in [1.54, 1.807) is 38.6 Å². The summed E-state index contributed by atoms with van der Waals surface area (Å²) in [5, 5.41) is 3.58. The third kappa shape index (κ3) is 4.66. The summed E-state index contributed by atoms with van der Waals surface area (Å²) in [7, 11) is 3.15. The van der Waals surface area contributed by atoms with Crippen LogP contribution in [-0.4, -0.2) is 62.2 Å². The molecule has 0 aliphatic carbocycles. The van der Waals surface area contributed by atoms with Gasteiger partial charge in [0.2, 0.25) is 5.91 Å². The summed E-state index contributed by atoms with van der Waals surface area (Å²) >= 11 is 5.90. The number of anilines is 2. The number of nitrogens with one attached hydrogen (secondary N) is 1. The zero-order valence-electron chi connectivity index (χ0n) is 16.3. The van der Waals surface area contributed by atoms with Gasteiger partial charge >= 0.3 is 0 Å². The van der Waals surface area contributed by atoms with Crippen LogP contribution < -0.4 is 19.7 Å². The first kappa shape index (κ1) is 20.2. The number of amides is 1. The molecule has 0 bridgehead atoms. The van der Waals surface area contributed by atoms with Crippen molar-refractivity contribution >= 4 is 29.0 Å². The van der Waals surface area contributed by atoms with Crippen LogP contribution in [0, 0.1) is 0 Å². The number of nitrogens with zero attached hydrogens (tertiary/aromatic N) is 3. The van der Waals surface area contributed by atoms with Gasteiger partial charge in [-0.25, -0.2) is 4.98 Å². The molecule has 7 nitrogen and oxygen atoms in total. The standard InChI is InChI=1S/C20H25ClN4O3/c1-14(20(26)23-16-5-6-17(27-2)18(12-16)28-3)24-8-10-25(11-9-24)19-7-4-15(21)13-22-19/h4-7,12-14H,8-11H2,1-3H3,(H,23,26). The highest BCUT2D eigenvalue weighted by atomic mass is 35.5. The molecule has 1 aromatic carbocycles. The van der Waals surface area contributed by atoms with Crippen LogP contribution in [0.2, 0.25) is 5.02 Å². The molecule has 0 spiro atoms. The van der Waals surface area contributed by atoms with Crippen LogP contribution in [0.3, 0.4) is 0 Å². The predicted octanol–water partition coefficient (Wildman–Crippen LogP) is 2.90. The number of piperazine rings is 1. The molecule has 2 aromatic rings. The van der Waals surface area contributed by atoms with Crippen molar-refractivity contribution < 1.29 is 14.3 Å². The fraction of sp³-hybridized carbons (Fsp3) is 0.400. The van der Waals surface area contributed by atoms with E-state index < -0.39 is 0 Å². The highest BCUT2D eigenvalue weighted by Gasteiger charge is 2.26. The number of benzene rings is 1. The Bertz CT molecular complexity index is 808. The van der Waals surface area contributed by atoms with E-state index in [0.717, 1.165) is 32.0 Å². The van der Waals surface area contributed by atoms with Crippen LogP contribution >= 0.6 is 11.6 Å². The van der Waals surface area contributed by atoms with Crippen molar-refractivity contribution in [2.75, 3.05) is 50.6 Å². The molecule has 1 aliphatic heterocycles. The minimum atomic E-state index is -0.242. The molecule has 1 atom stereocenters. The average molecular weight is 405 g/mol. The predicted molar refractivity (Wildman–Crippen MR) is 111 cm³/mol. The number of hydrogen-bond donors (Lipinski definition) is 1. The molecule has 0 saturated carbocycles. The smallest absolute Gasteiger partial charge is 0.241 e. The Hall–Kier alpha value is -2.51. The van der Waals surface area contributed by atoms with Gasteiger partial charge in [-0.1, -0.05) is 11.6 Å². The second-order valence-electron chi connectivity index (χ2n) is 6.59. The van der Waals surface area contributed by atoms with E-state index in [4.69, 9.17) is 21.1 Å². The van der Waals surface area contributed by atoms with Crippen molar-refractivity contribution in [3.8, 4) is 11.5 Å². The first-order valence-corrected chi connectivity index (χ1v) is 9.53. The molecular weight excluding hydrogens is 380 g/mol. The van der Waals surface area contributed by atoms with Gasteiger partial charge in [-0.3, -0.25) is 9.69 Å². The number of methoxy groups -OCH3 is 2. The highest BCUT2D eigenvalue weighted by molar-refractivity contribution is 6.30. The Morgan fingerprint density at radius 3 is 2.43 bits per heavy atom. The topological polar surface area (TPSA) is 66.9 Å². The number of carbonyl (C=O) groups is 1. The van der Waals surface area contributed by atoms with Crippen molar-refractivity contribution in [3.05, 3.63) is 41.6 Å². The SMILES string of the molecule is COc1ccc(NC(=O)C(C)N2CCN(c3ccc(Cl)cn3)CC2)cc1OC. The first-order chi connectivity index (χ1) is 13.5. The molecule has 1 amide bonds. The molecule has 28 heavy (non-hydrogen) atoms. The van der Waals surface area contributed by atoms with Crippen molar-refractivity contribution in [1.82, 2.24) is 9.88 Å². The normalized spacial score (nSPS) is 15.8. The molecule has 150 valence electrons. The van der Waals surface area contributed by atoms with Gasteiger partial charge in [-0.05, 0) is 31.2 Å². The highest BCUT2D eigenvalue weighted by Crippen LogP contribution is 2.30. The number of rotatable bonds is 6. The van der Waals surface area contributed by atoms with Crippen LogP contribution in [0.25, 0.3) is 0 Å². The van der Waals surface area contributed by atoms with Crippen molar-refractivity contribution in [3.63, 3.8) is 0 Å². The summed E-state index contributed by atoms with van der Waals surface area (Å²) in [6.07, 6.45) is 1.66. The maximum atomic E-state index is 12.7. The third-order valence-corrected chi connectivity index (χ3v) is 5.15. The van der Waals surface area contributed by atoms with Crippen LogP contribution in [0.15, 0.2) is 36.5 Å². The minimum Gasteiger partial charge on any atom is -0.493 e. The molecule has 1 aromatic heterocycles. The van der Waals surface area contributed by atoms with Gasteiger partial charge in [-0.15, -0.1) is 0 Å². The zero-order valence-corrected chi connectivity index (χ0v) is 17.1. The molecule has 0 radical (unpaired) electrons. The van der Waals surface area contributed by atoms with Gasteiger partial charge in [0.1, 0.15) is 5.82 Å². The maximum absolute atomic E-state index is 12.7. The van der Waals surface area contributed by atoms with Gasteiger partial charge in [0, 0.05) is 44.1 Å². The van der Waals surface area contributed by atoms with Gasteiger partial charge in [0.15, 0.2) is 11.5 Å². The van der Waals surface area contributed by atoms with E-state index in [-0.39, 0.29) is 11.9 Å². The quantitative estimate of drug-likeness (QED) is 0.798. The fourth-order valence-electron chi connectivity index (χ4n) is 3.22. The van der Waals surface area contributed by atoms with Crippen LogP contribution in [0.1, 0.15) is 6.92 Å². The number of carbonyl (C=O) groups excluding carboxylic acids is 1. The fourth-order valence-corrected chi connectivity index (χ4v) is 3.33. The Labute approximate surface area is 170 Å². The van der Waals surface area contributed by atoms with Crippen LogP contribution in [0.5, 0.6) is 11.5 Å². The lowest BCUT2D eigenvalue weighted by atomic mass is 10.2. The van der Waals surface area contributed by atoms with Crippen molar-refractivity contribution in [2.45, 2.75) is 13.0 Å². The molecule has 1 unspecified atom stereocenters. The van der Waals surface area contributed by atoms with Crippen molar-refractivity contribution in [2.24, 2.45) is 0 Å². The summed E-state index contributed by atoms with van der Waals surface area (Å²) in [5.41, 5.74) is 0.679. The lowest BCUT2D eigenvalue weighted by Gasteiger charge is -2.38. The molecule has 3 rings (SSSR count). The Kier molecular flexibility index (Phi) is 6.59. The Balaban J connectivity index is 1.56. The van der Waals surface area contributed by atoms with E-state index in [1.165, 1.54) is 0 Å². The van der Waals surface area contributed by atoms with E-state index in [9.17, 15) is 4.79 Å². The van der Waals surface area contributed by atoms with E-state index in [2.05, 4.69) is 20.1 Å². The zero-order chi connectivity index (χ0) is 20.1. The molecule has 1 N–H and O–H groups in total. The van der Waals surface area contributed by atoms with Gasteiger partial charge in [-0.2, -0.15) is 0 Å². The van der Waals surface area contributed by atoms with E-state index >= 15 is 0 Å². The lowest BCUT2D eigenvalue weighted by Crippen LogP contribution is -2.53. The summed E-state index contributed by atoms with van der Waals surface area (Å²) in [6.45, 7) is 5.10. The average Bonchev–Trinajstić information content (AvgIpc) is 2.73. The minimum absolute atomic E-state index is 0.0507. The number of pyridine rings is 1. The molecule has 2 heterocycles. The monoisotopic (exact) mass is 404 g/mol. The summed E-state index contributed by atoms with van der Waals surface area (Å²) < 4.78 is 10.5. The molecule has 1 saturated heterocycles.